The summed E-state index contributed by atoms with van der Waals surface area (Å²) in [6.45, 7) is 0. The minimum Gasteiger partial charge on any atom is -0.495 e. The van der Waals surface area contributed by atoms with E-state index in [1.54, 1.807) is 0 Å². The number of methoxy groups -OCH3 is 1. The summed E-state index contributed by atoms with van der Waals surface area (Å²) in [6.07, 6.45) is -1.86. The summed E-state index contributed by atoms with van der Waals surface area (Å²) < 4.78 is 78.8. The molecule has 3 aromatic heterocycles. The predicted molar refractivity (Wildman–Crippen MR) is 123 cm³/mol. The van der Waals surface area contributed by atoms with Gasteiger partial charge in [-0.15, -0.1) is 0 Å². The van der Waals surface area contributed by atoms with Crippen LogP contribution in [-0.4, -0.2) is 27.1 Å². The van der Waals surface area contributed by atoms with Crippen LogP contribution >= 0.6 is 0 Å². The number of fused-ring (bicyclic) bond motifs is 2. The third kappa shape index (κ3) is 3.46. The highest BCUT2D eigenvalue weighted by Gasteiger charge is 2.37. The van der Waals surface area contributed by atoms with Crippen LogP contribution < -0.4 is 10.5 Å². The molecule has 0 saturated carbocycles. The van der Waals surface area contributed by atoms with Crippen molar-refractivity contribution in [1.82, 2.24) is 14.2 Å². The van der Waals surface area contributed by atoms with E-state index < -0.39 is 34.8 Å². The largest absolute Gasteiger partial charge is 0.495 e. The number of nitrogen functional groups attached to an aromatic ring is 1. The van der Waals surface area contributed by atoms with Crippen molar-refractivity contribution in [3.8, 4) is 16.9 Å². The maximum Gasteiger partial charge on any atom is 0.417 e. The van der Waals surface area contributed by atoms with Crippen molar-refractivity contribution in [2.24, 2.45) is 7.05 Å². The van der Waals surface area contributed by atoms with Gasteiger partial charge in [-0.05, 0) is 36.4 Å². The van der Waals surface area contributed by atoms with E-state index in [1.807, 2.05) is 0 Å². The Morgan fingerprint density at radius 1 is 1.06 bits per heavy atom. The lowest BCUT2D eigenvalue weighted by Gasteiger charge is -2.19. The van der Waals surface area contributed by atoms with Crippen molar-refractivity contribution in [1.29, 1.82) is 0 Å². The van der Waals surface area contributed by atoms with Crippen molar-refractivity contribution < 1.29 is 31.5 Å². The van der Waals surface area contributed by atoms with Crippen LogP contribution in [0.25, 0.3) is 27.5 Å². The van der Waals surface area contributed by atoms with Crippen molar-refractivity contribution in [2.75, 3.05) is 12.8 Å². The molecule has 0 saturated heterocycles. The second kappa shape index (κ2) is 8.08. The Balaban J connectivity index is 1.77. The van der Waals surface area contributed by atoms with Crippen LogP contribution in [0.15, 0.2) is 54.9 Å². The smallest absolute Gasteiger partial charge is 0.417 e. The quantitative estimate of drug-likeness (QED) is 0.198. The minimum absolute atomic E-state index is 0.00889. The molecule has 0 aliphatic carbocycles. The predicted octanol–water partition coefficient (Wildman–Crippen LogP) is 5.61. The third-order valence-electron chi connectivity index (χ3n) is 6.05. The summed E-state index contributed by atoms with van der Waals surface area (Å²) in [7, 11) is 2.79. The number of ether oxygens (including phenoxy) is 1. The van der Waals surface area contributed by atoms with Gasteiger partial charge in [-0.3, -0.25) is 9.48 Å². The third-order valence-corrected chi connectivity index (χ3v) is 6.05. The SMILES string of the molecule is COc1c(-c2cccn3c(C(=O)c4cc(F)c(N)c(F)c4)ccc23)c(C(F)(F)F)cc2c1cnn2C. The number of nitrogens with two attached hydrogens (primary N) is 1. The summed E-state index contributed by atoms with van der Waals surface area (Å²) in [5.74, 6) is -2.96. The number of halogens is 5. The zero-order chi connectivity index (χ0) is 25.9. The molecule has 0 bridgehead atoms. The first-order chi connectivity index (χ1) is 17.0. The van der Waals surface area contributed by atoms with Crippen molar-refractivity contribution >= 4 is 27.9 Å². The normalized spacial score (nSPS) is 12.0. The first kappa shape index (κ1) is 23.3. The second-order valence-electron chi connectivity index (χ2n) is 8.11. The van der Waals surface area contributed by atoms with E-state index >= 15 is 0 Å². The molecule has 3 heterocycles. The summed E-state index contributed by atoms with van der Waals surface area (Å²) in [6, 6.07) is 8.39. The topological polar surface area (TPSA) is 74.6 Å². The number of hydrogen-bond donors (Lipinski definition) is 1. The number of carbonyl (C=O) groups excluding carboxylic acids is 1. The average molecular weight is 500 g/mol. The number of rotatable bonds is 4. The second-order valence-corrected chi connectivity index (χ2v) is 8.11. The van der Waals surface area contributed by atoms with Crippen LogP contribution in [0.1, 0.15) is 21.6 Å². The van der Waals surface area contributed by atoms with Crippen molar-refractivity contribution in [3.05, 3.63) is 83.3 Å². The molecule has 0 radical (unpaired) electrons. The van der Waals surface area contributed by atoms with Gasteiger partial charge in [-0.25, -0.2) is 8.78 Å². The lowest BCUT2D eigenvalue weighted by molar-refractivity contribution is -0.137. The average Bonchev–Trinajstić information content (AvgIpc) is 3.43. The van der Waals surface area contributed by atoms with Gasteiger partial charge in [-0.1, -0.05) is 6.07 Å². The molecule has 0 aliphatic rings. The molecule has 5 aromatic rings. The number of nitrogens with zero attached hydrogens (tertiary/aromatic N) is 3. The lowest BCUT2D eigenvalue weighted by atomic mass is 9.95. The highest BCUT2D eigenvalue weighted by atomic mass is 19.4. The van der Waals surface area contributed by atoms with Crippen LogP contribution in [0.4, 0.5) is 27.6 Å². The highest BCUT2D eigenvalue weighted by molar-refractivity contribution is 6.09. The molecule has 0 spiro atoms. The molecular weight excluding hydrogens is 483 g/mol. The maximum atomic E-state index is 14.3. The number of aryl methyl sites for hydroxylation is 1. The Labute approximate surface area is 200 Å². The fourth-order valence-corrected chi connectivity index (χ4v) is 4.36. The van der Waals surface area contributed by atoms with E-state index in [-0.39, 0.29) is 39.2 Å². The van der Waals surface area contributed by atoms with Gasteiger partial charge >= 0.3 is 6.18 Å². The summed E-state index contributed by atoms with van der Waals surface area (Å²) in [5, 5.41) is 4.43. The molecule has 0 atom stereocenters. The van der Waals surface area contributed by atoms with Gasteiger partial charge in [0.15, 0.2) is 0 Å². The molecule has 0 amide bonds. The fraction of sp³-hybridized carbons (Fsp3) is 0.120. The van der Waals surface area contributed by atoms with Crippen molar-refractivity contribution in [2.45, 2.75) is 6.18 Å². The maximum absolute atomic E-state index is 14.3. The Hall–Kier alpha value is -4.41. The molecule has 2 aromatic carbocycles. The van der Waals surface area contributed by atoms with E-state index in [0.717, 1.165) is 18.2 Å². The molecule has 0 fully saturated rings. The molecule has 0 aliphatic heterocycles. The zero-order valence-electron chi connectivity index (χ0n) is 18.8. The Morgan fingerprint density at radius 3 is 2.39 bits per heavy atom. The highest BCUT2D eigenvalue weighted by Crippen LogP contribution is 2.47. The van der Waals surface area contributed by atoms with Gasteiger partial charge in [0.2, 0.25) is 5.78 Å². The number of anilines is 1. The first-order valence-electron chi connectivity index (χ1n) is 10.5. The van der Waals surface area contributed by atoms with Crippen LogP contribution in [-0.2, 0) is 13.2 Å². The molecule has 184 valence electrons. The zero-order valence-corrected chi connectivity index (χ0v) is 18.8. The lowest BCUT2D eigenvalue weighted by Crippen LogP contribution is -2.10. The molecule has 0 unspecified atom stereocenters. The van der Waals surface area contributed by atoms with Gasteiger partial charge in [0.25, 0.3) is 0 Å². The molecule has 6 nitrogen and oxygen atoms in total. The number of pyridine rings is 1. The van der Waals surface area contributed by atoms with Crippen LogP contribution in [0.3, 0.4) is 0 Å². The Morgan fingerprint density at radius 2 is 1.75 bits per heavy atom. The van der Waals surface area contributed by atoms with Crippen LogP contribution in [0.5, 0.6) is 5.75 Å². The number of carbonyl (C=O) groups is 1. The summed E-state index contributed by atoms with van der Waals surface area (Å²) in [5.41, 5.74) is 3.72. The van der Waals surface area contributed by atoms with Gasteiger partial charge in [0, 0.05) is 29.9 Å². The van der Waals surface area contributed by atoms with Gasteiger partial charge < -0.3 is 14.9 Å². The van der Waals surface area contributed by atoms with Gasteiger partial charge in [0.05, 0.1) is 41.0 Å². The molecule has 36 heavy (non-hydrogen) atoms. The van der Waals surface area contributed by atoms with Crippen LogP contribution in [0, 0.1) is 11.6 Å². The number of benzene rings is 2. The van der Waals surface area contributed by atoms with E-state index in [9.17, 15) is 26.7 Å². The minimum atomic E-state index is -4.74. The van der Waals surface area contributed by atoms with Gasteiger partial charge in [0.1, 0.15) is 23.1 Å². The Kier molecular flexibility index (Phi) is 5.24. The number of ketones is 1. The molecular formula is C25H17F5N4O2. The number of hydrogen-bond acceptors (Lipinski definition) is 4. The standard InChI is InChI=1S/C25H17F5N4O2/c1-33-20-10-15(25(28,29)30)21(24(36-2)14(20)11-32-33)13-4-3-7-34-18(13)5-6-19(34)23(35)12-8-16(26)22(31)17(27)9-12/h3-11H,31H2,1-2H3. The first-order valence-corrected chi connectivity index (χ1v) is 10.5. The van der Waals surface area contributed by atoms with E-state index in [0.29, 0.717) is 5.39 Å². The molecule has 2 N–H and O–H groups in total. The van der Waals surface area contributed by atoms with Gasteiger partial charge in [-0.2, -0.15) is 18.3 Å². The summed E-state index contributed by atoms with van der Waals surface area (Å²) in [4.78, 5) is 13.1. The van der Waals surface area contributed by atoms with Crippen molar-refractivity contribution in [3.63, 3.8) is 0 Å². The fourth-order valence-electron chi connectivity index (χ4n) is 4.36. The summed E-state index contributed by atoms with van der Waals surface area (Å²) >= 11 is 0. The number of alkyl halides is 3. The Bertz CT molecular complexity index is 1660. The van der Waals surface area contributed by atoms with E-state index in [4.69, 9.17) is 10.5 Å². The van der Waals surface area contributed by atoms with Crippen LogP contribution in [0.2, 0.25) is 0 Å². The van der Waals surface area contributed by atoms with E-state index in [1.165, 1.54) is 59.9 Å². The van der Waals surface area contributed by atoms with E-state index in [2.05, 4.69) is 5.10 Å². The number of aromatic nitrogens is 3. The molecule has 11 heteroatoms. The monoisotopic (exact) mass is 500 g/mol. The molecule has 5 rings (SSSR count).